The quantitative estimate of drug-likeness (QED) is 0.204. The zero-order valence-electron chi connectivity index (χ0n) is 15.6. The third-order valence-electron chi connectivity index (χ3n) is 3.83. The van der Waals surface area contributed by atoms with E-state index in [-0.39, 0.29) is 5.69 Å². The van der Waals surface area contributed by atoms with Gasteiger partial charge in [-0.3, -0.25) is 10.1 Å². The molecule has 152 valence electrons. The highest BCUT2D eigenvalue weighted by Gasteiger charge is 2.11. The van der Waals surface area contributed by atoms with Crippen LogP contribution in [0.15, 0.2) is 92.8 Å². The number of rotatable bonds is 7. The molecule has 0 aromatic heterocycles. The van der Waals surface area contributed by atoms with Crippen LogP contribution >= 0.6 is 35.1 Å². The summed E-state index contributed by atoms with van der Waals surface area (Å²) in [4.78, 5) is 12.5. The zero-order chi connectivity index (χ0) is 21.3. The van der Waals surface area contributed by atoms with Gasteiger partial charge in [0, 0.05) is 38.3 Å². The lowest BCUT2D eigenvalue weighted by Gasteiger charge is -2.06. The Morgan fingerprint density at radius 3 is 2.53 bits per heavy atom. The lowest BCUT2D eigenvalue weighted by molar-refractivity contribution is -0.384. The fourth-order valence-electron chi connectivity index (χ4n) is 2.38. The second-order valence-corrected chi connectivity index (χ2v) is 8.54. The average Bonchev–Trinajstić information content (AvgIpc) is 2.75. The van der Waals surface area contributed by atoms with Crippen molar-refractivity contribution in [3.63, 3.8) is 0 Å². The number of non-ortho nitro benzene ring substituents is 1. The van der Waals surface area contributed by atoms with E-state index < -0.39 is 4.92 Å². The predicted octanol–water partition coefficient (Wildman–Crippen LogP) is 5.98. The molecule has 0 heterocycles. The first-order valence-corrected chi connectivity index (χ1v) is 10.9. The zero-order valence-corrected chi connectivity index (χ0v) is 18.0. The summed E-state index contributed by atoms with van der Waals surface area (Å²) in [7, 11) is 0. The molecular weight excluding hydrogens is 440 g/mol. The van der Waals surface area contributed by atoms with E-state index in [1.807, 2.05) is 42.5 Å². The van der Waals surface area contributed by atoms with Crippen molar-refractivity contribution in [2.45, 2.75) is 15.5 Å². The fourth-order valence-corrected chi connectivity index (χ4v) is 4.01. The molecule has 0 spiro atoms. The smallest absolute Gasteiger partial charge is 0.270 e. The summed E-state index contributed by atoms with van der Waals surface area (Å²) in [6, 6.07) is 21.8. The van der Waals surface area contributed by atoms with E-state index in [1.54, 1.807) is 18.2 Å². The standard InChI is InChI=1S/C21H17ClN4O2S2/c22-17-6-9-19(10-7-17)30-20-11-8-18(26(27)28)12-16(20)13-24-25-21(23)29-14-15-4-2-1-3-5-15/h1-13H,14H2,(H2,23,25). The number of hydrogen-bond donors (Lipinski definition) is 1. The first-order chi connectivity index (χ1) is 14.5. The van der Waals surface area contributed by atoms with Crippen LogP contribution in [0.25, 0.3) is 0 Å². The third-order valence-corrected chi connectivity index (χ3v) is 6.03. The van der Waals surface area contributed by atoms with Crippen molar-refractivity contribution in [1.29, 1.82) is 0 Å². The molecule has 0 saturated heterocycles. The molecule has 0 amide bonds. The van der Waals surface area contributed by atoms with E-state index in [2.05, 4.69) is 10.2 Å². The summed E-state index contributed by atoms with van der Waals surface area (Å²) in [5.74, 6) is 0.681. The van der Waals surface area contributed by atoms with Crippen LogP contribution in [0.1, 0.15) is 11.1 Å². The molecule has 9 heteroatoms. The van der Waals surface area contributed by atoms with Crippen molar-refractivity contribution >= 4 is 52.2 Å². The highest BCUT2D eigenvalue weighted by Crippen LogP contribution is 2.32. The van der Waals surface area contributed by atoms with Crippen LogP contribution in [0, 0.1) is 10.1 Å². The molecule has 3 aromatic carbocycles. The molecule has 0 bridgehead atoms. The Labute approximate surface area is 187 Å². The topological polar surface area (TPSA) is 93.9 Å². The van der Waals surface area contributed by atoms with Gasteiger partial charge in [-0.25, -0.2) is 0 Å². The Balaban J connectivity index is 1.75. The molecule has 0 fully saturated rings. The molecule has 0 atom stereocenters. The van der Waals surface area contributed by atoms with Crippen LogP contribution in [-0.4, -0.2) is 16.3 Å². The van der Waals surface area contributed by atoms with E-state index in [0.29, 0.717) is 21.5 Å². The van der Waals surface area contributed by atoms with Crippen LogP contribution < -0.4 is 5.73 Å². The highest BCUT2D eigenvalue weighted by molar-refractivity contribution is 8.13. The van der Waals surface area contributed by atoms with E-state index in [4.69, 9.17) is 17.3 Å². The van der Waals surface area contributed by atoms with Crippen molar-refractivity contribution in [2.24, 2.45) is 15.9 Å². The normalized spacial score (nSPS) is 11.7. The van der Waals surface area contributed by atoms with Gasteiger partial charge in [-0.1, -0.05) is 65.5 Å². The Hall–Kier alpha value is -2.81. The number of hydrogen-bond acceptors (Lipinski definition) is 6. The second-order valence-electron chi connectivity index (χ2n) is 5.99. The number of halogens is 1. The van der Waals surface area contributed by atoms with E-state index in [0.717, 1.165) is 15.4 Å². The van der Waals surface area contributed by atoms with Crippen molar-refractivity contribution in [3.8, 4) is 0 Å². The lowest BCUT2D eigenvalue weighted by atomic mass is 10.2. The molecule has 0 aliphatic rings. The van der Waals surface area contributed by atoms with Crippen molar-refractivity contribution in [2.75, 3.05) is 0 Å². The van der Waals surface area contributed by atoms with E-state index >= 15 is 0 Å². The maximum Gasteiger partial charge on any atom is 0.270 e. The van der Waals surface area contributed by atoms with Crippen LogP contribution in [0.3, 0.4) is 0 Å². The summed E-state index contributed by atoms with van der Waals surface area (Å²) < 4.78 is 0. The molecule has 0 unspecified atom stereocenters. The summed E-state index contributed by atoms with van der Waals surface area (Å²) in [5.41, 5.74) is 7.60. The van der Waals surface area contributed by atoms with Gasteiger partial charge in [-0.15, -0.1) is 5.10 Å². The van der Waals surface area contributed by atoms with Crippen LogP contribution in [0.4, 0.5) is 5.69 Å². The van der Waals surface area contributed by atoms with Crippen LogP contribution in [0.2, 0.25) is 5.02 Å². The number of thioether (sulfide) groups is 1. The van der Waals surface area contributed by atoms with Gasteiger partial charge in [0.25, 0.3) is 5.69 Å². The Bertz CT molecular complexity index is 1070. The van der Waals surface area contributed by atoms with Crippen molar-refractivity contribution in [1.82, 2.24) is 0 Å². The van der Waals surface area contributed by atoms with E-state index in [9.17, 15) is 10.1 Å². The molecule has 3 rings (SSSR count). The van der Waals surface area contributed by atoms with Gasteiger partial charge in [0.2, 0.25) is 0 Å². The fraction of sp³-hybridized carbons (Fsp3) is 0.0476. The first-order valence-electron chi connectivity index (χ1n) is 8.76. The number of nitrogens with zero attached hydrogens (tertiary/aromatic N) is 3. The summed E-state index contributed by atoms with van der Waals surface area (Å²) in [6.45, 7) is 0. The summed E-state index contributed by atoms with van der Waals surface area (Å²) in [5, 5.41) is 20.1. The number of benzene rings is 3. The molecule has 0 aliphatic heterocycles. The van der Waals surface area contributed by atoms with Gasteiger partial charge in [0.05, 0.1) is 11.1 Å². The monoisotopic (exact) mass is 456 g/mol. The predicted molar refractivity (Wildman–Crippen MR) is 126 cm³/mol. The number of nitrogens with two attached hydrogens (primary N) is 1. The van der Waals surface area contributed by atoms with Crippen molar-refractivity contribution in [3.05, 3.63) is 99.1 Å². The van der Waals surface area contributed by atoms with E-state index in [1.165, 1.54) is 41.9 Å². The Kier molecular flexibility index (Phi) is 7.89. The highest BCUT2D eigenvalue weighted by atomic mass is 35.5. The Morgan fingerprint density at radius 1 is 1.10 bits per heavy atom. The molecule has 2 N–H and O–H groups in total. The molecule has 30 heavy (non-hydrogen) atoms. The first kappa shape index (κ1) is 21.9. The molecular formula is C21H17ClN4O2S2. The van der Waals surface area contributed by atoms with Gasteiger partial charge in [0.15, 0.2) is 5.17 Å². The lowest BCUT2D eigenvalue weighted by Crippen LogP contribution is -2.06. The SMILES string of the molecule is NC(=NN=Cc1cc([N+](=O)[O-])ccc1Sc1ccc(Cl)cc1)SCc1ccccc1. The second kappa shape index (κ2) is 10.8. The summed E-state index contributed by atoms with van der Waals surface area (Å²) in [6.07, 6.45) is 1.47. The van der Waals surface area contributed by atoms with Gasteiger partial charge < -0.3 is 5.73 Å². The van der Waals surface area contributed by atoms with Gasteiger partial charge in [0.1, 0.15) is 0 Å². The molecule has 0 radical (unpaired) electrons. The van der Waals surface area contributed by atoms with Gasteiger partial charge in [-0.2, -0.15) is 5.10 Å². The Morgan fingerprint density at radius 2 is 1.83 bits per heavy atom. The average molecular weight is 457 g/mol. The number of nitro benzene ring substituents is 1. The maximum atomic E-state index is 11.2. The van der Waals surface area contributed by atoms with Gasteiger partial charge >= 0.3 is 0 Å². The van der Waals surface area contributed by atoms with Crippen LogP contribution in [0.5, 0.6) is 0 Å². The minimum atomic E-state index is -0.443. The number of nitro groups is 1. The molecule has 3 aromatic rings. The molecule has 0 aliphatic carbocycles. The molecule has 0 saturated carbocycles. The van der Waals surface area contributed by atoms with Crippen LogP contribution in [-0.2, 0) is 5.75 Å². The minimum absolute atomic E-state index is 0.0210. The number of amidine groups is 1. The third kappa shape index (κ3) is 6.62. The maximum absolute atomic E-state index is 11.2. The van der Waals surface area contributed by atoms with Crippen molar-refractivity contribution < 1.29 is 4.92 Å². The van der Waals surface area contributed by atoms with Gasteiger partial charge in [-0.05, 0) is 35.9 Å². The summed E-state index contributed by atoms with van der Waals surface area (Å²) >= 11 is 8.75. The minimum Gasteiger partial charge on any atom is -0.377 e. The molecule has 6 nitrogen and oxygen atoms in total. The largest absolute Gasteiger partial charge is 0.377 e.